The van der Waals surface area contributed by atoms with E-state index in [-0.39, 0.29) is 0 Å². The first-order valence-electron chi connectivity index (χ1n) is 8.53. The predicted molar refractivity (Wildman–Crippen MR) is 91.7 cm³/mol. The fourth-order valence-electron chi connectivity index (χ4n) is 3.87. The van der Waals surface area contributed by atoms with Crippen molar-refractivity contribution < 1.29 is 4.74 Å². The molecular weight excluding hydrogens is 282 g/mol. The Balaban J connectivity index is 1.74. The molecule has 0 amide bonds. The summed E-state index contributed by atoms with van der Waals surface area (Å²) in [5.74, 6) is 0. The number of nitrogens with zero attached hydrogens (tertiary/aromatic N) is 1. The molecule has 122 valence electrons. The molecular formula is C16H31N3OS. The lowest BCUT2D eigenvalue weighted by Crippen LogP contribution is -2.57. The summed E-state index contributed by atoms with van der Waals surface area (Å²) in [6.07, 6.45) is 8.89. The summed E-state index contributed by atoms with van der Waals surface area (Å²) in [7, 11) is 1.74. The Bertz CT molecular complexity index is 313. The van der Waals surface area contributed by atoms with Gasteiger partial charge in [-0.1, -0.05) is 13.3 Å². The van der Waals surface area contributed by atoms with E-state index in [4.69, 9.17) is 17.0 Å². The molecule has 0 saturated carbocycles. The fraction of sp³-hybridized carbons (Fsp3) is 0.938. The highest BCUT2D eigenvalue weighted by atomic mass is 32.1. The summed E-state index contributed by atoms with van der Waals surface area (Å²) in [5.41, 5.74) is 0. The molecule has 2 unspecified atom stereocenters. The maximum atomic E-state index is 5.42. The molecule has 2 bridgehead atoms. The van der Waals surface area contributed by atoms with E-state index >= 15 is 0 Å². The first kappa shape index (κ1) is 17.0. The number of hydrogen-bond donors (Lipinski definition) is 2. The van der Waals surface area contributed by atoms with Gasteiger partial charge in [-0.15, -0.1) is 0 Å². The van der Waals surface area contributed by atoms with Crippen LogP contribution < -0.4 is 10.6 Å². The van der Waals surface area contributed by atoms with Crippen LogP contribution in [0.25, 0.3) is 0 Å². The zero-order valence-electron chi connectivity index (χ0n) is 13.6. The van der Waals surface area contributed by atoms with Gasteiger partial charge in [-0.05, 0) is 57.3 Å². The van der Waals surface area contributed by atoms with Gasteiger partial charge in [0, 0.05) is 38.4 Å². The fourth-order valence-corrected chi connectivity index (χ4v) is 4.14. The van der Waals surface area contributed by atoms with Crippen LogP contribution in [0.3, 0.4) is 0 Å². The molecule has 2 saturated heterocycles. The monoisotopic (exact) mass is 313 g/mol. The summed E-state index contributed by atoms with van der Waals surface area (Å²) in [5, 5.41) is 7.65. The molecule has 0 aliphatic carbocycles. The number of nitrogens with one attached hydrogen (secondary N) is 2. The molecule has 2 heterocycles. The number of methoxy groups -OCH3 is 1. The second kappa shape index (κ2) is 8.91. The van der Waals surface area contributed by atoms with Gasteiger partial charge in [0.05, 0.1) is 0 Å². The Morgan fingerprint density at radius 1 is 1.29 bits per heavy atom. The summed E-state index contributed by atoms with van der Waals surface area (Å²) >= 11 is 5.42. The van der Waals surface area contributed by atoms with Crippen molar-refractivity contribution in [1.29, 1.82) is 0 Å². The SMILES string of the molecule is CCCN1C2CCCC1CC(NC(=S)NCCCOC)C2. The van der Waals surface area contributed by atoms with Crippen molar-refractivity contribution in [1.82, 2.24) is 15.5 Å². The summed E-state index contributed by atoms with van der Waals surface area (Å²) in [6.45, 7) is 5.23. The second-order valence-electron chi connectivity index (χ2n) is 6.39. The summed E-state index contributed by atoms with van der Waals surface area (Å²) < 4.78 is 5.05. The van der Waals surface area contributed by atoms with Gasteiger partial charge >= 0.3 is 0 Å². The Morgan fingerprint density at radius 3 is 2.62 bits per heavy atom. The molecule has 21 heavy (non-hydrogen) atoms. The molecule has 2 atom stereocenters. The molecule has 0 aromatic heterocycles. The molecule has 2 aliphatic rings. The molecule has 5 heteroatoms. The third kappa shape index (κ3) is 5.08. The topological polar surface area (TPSA) is 36.5 Å². The third-order valence-electron chi connectivity index (χ3n) is 4.75. The highest BCUT2D eigenvalue weighted by Gasteiger charge is 2.37. The second-order valence-corrected chi connectivity index (χ2v) is 6.80. The van der Waals surface area contributed by atoms with Crippen molar-refractivity contribution in [3.8, 4) is 0 Å². The van der Waals surface area contributed by atoms with Crippen LogP contribution >= 0.6 is 12.2 Å². The van der Waals surface area contributed by atoms with Crippen molar-refractivity contribution in [3.05, 3.63) is 0 Å². The minimum atomic E-state index is 0.552. The third-order valence-corrected chi connectivity index (χ3v) is 5.02. The van der Waals surface area contributed by atoms with E-state index in [2.05, 4.69) is 22.5 Å². The summed E-state index contributed by atoms with van der Waals surface area (Å²) in [4.78, 5) is 2.76. The highest BCUT2D eigenvalue weighted by molar-refractivity contribution is 7.80. The zero-order valence-corrected chi connectivity index (χ0v) is 14.4. The molecule has 0 aromatic rings. The van der Waals surface area contributed by atoms with Crippen LogP contribution in [-0.4, -0.2) is 54.9 Å². The van der Waals surface area contributed by atoms with E-state index in [9.17, 15) is 0 Å². The lowest BCUT2D eigenvalue weighted by Gasteiger charge is -2.49. The molecule has 2 fully saturated rings. The van der Waals surface area contributed by atoms with E-state index < -0.39 is 0 Å². The van der Waals surface area contributed by atoms with Crippen molar-refractivity contribution in [3.63, 3.8) is 0 Å². The van der Waals surface area contributed by atoms with Crippen molar-refractivity contribution in [2.75, 3.05) is 26.8 Å². The predicted octanol–water partition coefficient (Wildman–Crippen LogP) is 2.28. The van der Waals surface area contributed by atoms with Gasteiger partial charge in [-0.2, -0.15) is 0 Å². The Morgan fingerprint density at radius 2 is 2.00 bits per heavy atom. The Labute approximate surface area is 135 Å². The van der Waals surface area contributed by atoms with E-state index in [0.717, 1.165) is 36.8 Å². The largest absolute Gasteiger partial charge is 0.385 e. The first-order valence-corrected chi connectivity index (χ1v) is 8.94. The quantitative estimate of drug-likeness (QED) is 0.557. The number of hydrogen-bond acceptors (Lipinski definition) is 3. The van der Waals surface area contributed by atoms with Gasteiger partial charge in [0.15, 0.2) is 5.11 Å². The van der Waals surface area contributed by atoms with Crippen molar-refractivity contribution in [2.24, 2.45) is 0 Å². The number of piperidine rings is 2. The minimum absolute atomic E-state index is 0.552. The van der Waals surface area contributed by atoms with Gasteiger partial charge < -0.3 is 15.4 Å². The van der Waals surface area contributed by atoms with Crippen LogP contribution in [0.5, 0.6) is 0 Å². The van der Waals surface area contributed by atoms with E-state index in [0.29, 0.717) is 6.04 Å². The van der Waals surface area contributed by atoms with Gasteiger partial charge in [-0.25, -0.2) is 0 Å². The van der Waals surface area contributed by atoms with Crippen LogP contribution in [0.15, 0.2) is 0 Å². The zero-order chi connectivity index (χ0) is 15.1. The van der Waals surface area contributed by atoms with Gasteiger partial charge in [0.25, 0.3) is 0 Å². The van der Waals surface area contributed by atoms with Gasteiger partial charge in [0.2, 0.25) is 0 Å². The number of fused-ring (bicyclic) bond motifs is 2. The molecule has 4 nitrogen and oxygen atoms in total. The van der Waals surface area contributed by atoms with Gasteiger partial charge in [0.1, 0.15) is 0 Å². The Hall–Kier alpha value is -0.390. The number of rotatable bonds is 7. The lowest BCUT2D eigenvalue weighted by atomic mass is 9.81. The van der Waals surface area contributed by atoms with E-state index in [1.165, 1.54) is 45.1 Å². The van der Waals surface area contributed by atoms with E-state index in [1.54, 1.807) is 7.11 Å². The van der Waals surface area contributed by atoms with Gasteiger partial charge in [-0.3, -0.25) is 4.90 Å². The van der Waals surface area contributed by atoms with Crippen LogP contribution in [-0.2, 0) is 4.74 Å². The molecule has 0 radical (unpaired) electrons. The smallest absolute Gasteiger partial charge is 0.166 e. The molecule has 0 aromatic carbocycles. The summed E-state index contributed by atoms with van der Waals surface area (Å²) in [6, 6.07) is 2.09. The molecule has 0 spiro atoms. The lowest BCUT2D eigenvalue weighted by molar-refractivity contribution is 0.0282. The normalized spacial score (nSPS) is 29.1. The highest BCUT2D eigenvalue weighted by Crippen LogP contribution is 2.34. The average Bonchev–Trinajstić information content (AvgIpc) is 2.45. The van der Waals surface area contributed by atoms with Crippen molar-refractivity contribution in [2.45, 2.75) is 70.0 Å². The Kier molecular flexibility index (Phi) is 7.20. The van der Waals surface area contributed by atoms with Crippen LogP contribution in [0.1, 0.15) is 51.9 Å². The van der Waals surface area contributed by atoms with E-state index in [1.807, 2.05) is 0 Å². The van der Waals surface area contributed by atoms with Crippen LogP contribution in [0.2, 0.25) is 0 Å². The number of ether oxygens (including phenoxy) is 1. The maximum absolute atomic E-state index is 5.42. The number of thiocarbonyl (C=S) groups is 1. The first-order chi connectivity index (χ1) is 10.2. The van der Waals surface area contributed by atoms with Crippen LogP contribution in [0.4, 0.5) is 0 Å². The molecule has 2 aliphatic heterocycles. The standard InChI is InChI=1S/C16H31N3OS/c1-3-9-19-14-6-4-7-15(19)12-13(11-14)18-16(21)17-8-5-10-20-2/h13-15H,3-12H2,1-2H3,(H2,17,18,21). The minimum Gasteiger partial charge on any atom is -0.385 e. The molecule has 2 N–H and O–H groups in total. The average molecular weight is 314 g/mol. The van der Waals surface area contributed by atoms with Crippen molar-refractivity contribution >= 4 is 17.3 Å². The van der Waals surface area contributed by atoms with Crippen LogP contribution in [0, 0.1) is 0 Å². The maximum Gasteiger partial charge on any atom is 0.166 e. The molecule has 2 rings (SSSR count).